The number of aromatic nitrogens is 6. The molecule has 11 nitrogen and oxygen atoms in total. The van der Waals surface area contributed by atoms with E-state index < -0.39 is 5.54 Å². The molecule has 0 saturated carbocycles. The molecule has 0 fully saturated rings. The molecule has 0 unspecified atom stereocenters. The van der Waals surface area contributed by atoms with Crippen molar-refractivity contribution in [3.63, 3.8) is 0 Å². The Morgan fingerprint density at radius 3 is 2.53 bits per heavy atom. The number of pyridine rings is 1. The van der Waals surface area contributed by atoms with Crippen molar-refractivity contribution in [2.24, 2.45) is 10.7 Å². The second-order valence-corrected chi connectivity index (χ2v) is 9.28. The number of allylic oxidation sites excluding steroid dienone is 1. The fourth-order valence-corrected chi connectivity index (χ4v) is 3.68. The number of nitrogens with zero attached hydrogens (tertiary/aromatic N) is 7. The van der Waals surface area contributed by atoms with E-state index in [2.05, 4.69) is 32.0 Å². The van der Waals surface area contributed by atoms with Gasteiger partial charge >= 0.3 is 0 Å². The van der Waals surface area contributed by atoms with Gasteiger partial charge in [-0.2, -0.15) is 0 Å². The Morgan fingerprint density at radius 2 is 1.89 bits per heavy atom. The van der Waals surface area contributed by atoms with Crippen molar-refractivity contribution < 1.29 is 14.2 Å². The van der Waals surface area contributed by atoms with Gasteiger partial charge in [0.1, 0.15) is 18.0 Å². The third-order valence-corrected chi connectivity index (χ3v) is 5.83. The highest BCUT2D eigenvalue weighted by atomic mass is 16.5. The van der Waals surface area contributed by atoms with Crippen molar-refractivity contribution in [1.29, 1.82) is 0 Å². The van der Waals surface area contributed by atoms with Gasteiger partial charge in [0, 0.05) is 23.5 Å². The quantitative estimate of drug-likeness (QED) is 0.296. The van der Waals surface area contributed by atoms with Crippen LogP contribution < -0.4 is 19.9 Å². The standard InChI is InChI=1S/C27H32N8O3/c1-18(35-15-24(32-33-35)27(2,3)28)11-21-26(29-4)34(17-31-21)14-19-7-9-22(23(12-19)36-5)38-16-20-8-10-25(37-6)30-13-20/h7-13,15,17H,4,14,16,28H2,1-3,5-6H3/b18-11+. The highest BCUT2D eigenvalue weighted by Gasteiger charge is 2.19. The Balaban J connectivity index is 1.49. The van der Waals surface area contributed by atoms with Crippen LogP contribution in [0.1, 0.15) is 43.3 Å². The second-order valence-electron chi connectivity index (χ2n) is 9.28. The summed E-state index contributed by atoms with van der Waals surface area (Å²) in [5.74, 6) is 2.44. The molecule has 0 aliphatic carbocycles. The highest BCUT2D eigenvalue weighted by Crippen LogP contribution is 2.30. The summed E-state index contributed by atoms with van der Waals surface area (Å²) in [6.07, 6.45) is 7.14. The van der Waals surface area contributed by atoms with Gasteiger partial charge in [0.2, 0.25) is 5.88 Å². The van der Waals surface area contributed by atoms with E-state index in [0.717, 1.165) is 16.8 Å². The van der Waals surface area contributed by atoms with Crippen LogP contribution in [0.3, 0.4) is 0 Å². The predicted molar refractivity (Wildman–Crippen MR) is 146 cm³/mol. The van der Waals surface area contributed by atoms with Gasteiger partial charge in [-0.05, 0) is 57.3 Å². The van der Waals surface area contributed by atoms with E-state index in [9.17, 15) is 0 Å². The molecule has 0 atom stereocenters. The summed E-state index contributed by atoms with van der Waals surface area (Å²) in [6, 6.07) is 9.49. The zero-order chi connectivity index (χ0) is 27.3. The van der Waals surface area contributed by atoms with Crippen LogP contribution in [0.2, 0.25) is 0 Å². The third-order valence-electron chi connectivity index (χ3n) is 5.83. The lowest BCUT2D eigenvalue weighted by Crippen LogP contribution is -2.29. The Labute approximate surface area is 221 Å². The maximum Gasteiger partial charge on any atom is 0.212 e. The lowest BCUT2D eigenvalue weighted by molar-refractivity contribution is 0.283. The molecule has 0 radical (unpaired) electrons. The van der Waals surface area contributed by atoms with Crippen LogP contribution in [-0.4, -0.2) is 50.5 Å². The molecule has 38 heavy (non-hydrogen) atoms. The van der Waals surface area contributed by atoms with Crippen molar-refractivity contribution in [3.05, 3.63) is 71.6 Å². The number of imidazole rings is 1. The number of benzene rings is 1. The Morgan fingerprint density at radius 1 is 1.11 bits per heavy atom. The van der Waals surface area contributed by atoms with Gasteiger partial charge in [-0.3, -0.25) is 0 Å². The van der Waals surface area contributed by atoms with Crippen LogP contribution in [-0.2, 0) is 18.7 Å². The van der Waals surface area contributed by atoms with Gasteiger partial charge in [-0.25, -0.2) is 19.6 Å². The molecule has 198 valence electrons. The largest absolute Gasteiger partial charge is 0.493 e. The van der Waals surface area contributed by atoms with E-state index in [1.54, 1.807) is 37.5 Å². The fourth-order valence-electron chi connectivity index (χ4n) is 3.68. The Kier molecular flexibility index (Phi) is 7.87. The van der Waals surface area contributed by atoms with Gasteiger partial charge in [0.15, 0.2) is 17.3 Å². The van der Waals surface area contributed by atoms with Crippen LogP contribution >= 0.6 is 0 Å². The minimum atomic E-state index is -0.581. The first-order valence-corrected chi connectivity index (χ1v) is 11.9. The van der Waals surface area contributed by atoms with Crippen molar-refractivity contribution >= 4 is 24.3 Å². The fraction of sp³-hybridized carbons (Fsp3) is 0.296. The van der Waals surface area contributed by atoms with E-state index in [4.69, 9.17) is 19.9 Å². The first kappa shape index (κ1) is 26.6. The van der Waals surface area contributed by atoms with Crippen molar-refractivity contribution in [3.8, 4) is 17.4 Å². The summed E-state index contributed by atoms with van der Waals surface area (Å²) in [5, 5.41) is 8.35. The molecule has 4 aromatic rings. The van der Waals surface area contributed by atoms with Gasteiger partial charge in [-0.15, -0.1) is 5.10 Å². The van der Waals surface area contributed by atoms with Crippen LogP contribution in [0, 0.1) is 0 Å². The molecular weight excluding hydrogens is 484 g/mol. The number of hydrogen-bond donors (Lipinski definition) is 1. The molecule has 0 aliphatic rings. The molecule has 0 saturated heterocycles. The van der Waals surface area contributed by atoms with Crippen LogP contribution in [0.5, 0.6) is 17.4 Å². The van der Waals surface area contributed by atoms with Crippen LogP contribution in [0.25, 0.3) is 11.8 Å². The Bertz CT molecular complexity index is 1430. The van der Waals surface area contributed by atoms with E-state index in [1.807, 2.05) is 61.9 Å². The maximum atomic E-state index is 6.13. The first-order chi connectivity index (χ1) is 18.2. The first-order valence-electron chi connectivity index (χ1n) is 11.9. The lowest BCUT2D eigenvalue weighted by Gasteiger charge is -2.13. The number of hydrogen-bond acceptors (Lipinski definition) is 9. The van der Waals surface area contributed by atoms with Crippen molar-refractivity contribution in [2.45, 2.75) is 39.5 Å². The molecule has 4 rings (SSSR count). The van der Waals surface area contributed by atoms with Gasteiger partial charge in [-0.1, -0.05) is 11.3 Å². The highest BCUT2D eigenvalue weighted by molar-refractivity contribution is 5.73. The summed E-state index contributed by atoms with van der Waals surface area (Å²) in [4.78, 5) is 13.0. The minimum Gasteiger partial charge on any atom is -0.493 e. The van der Waals surface area contributed by atoms with Gasteiger partial charge in [0.25, 0.3) is 0 Å². The second kappa shape index (κ2) is 11.3. The molecule has 2 N–H and O–H groups in total. The van der Waals surface area contributed by atoms with E-state index in [0.29, 0.717) is 47.7 Å². The summed E-state index contributed by atoms with van der Waals surface area (Å²) in [5.41, 5.74) is 9.64. The average molecular weight is 517 g/mol. The van der Waals surface area contributed by atoms with Crippen LogP contribution in [0.15, 0.2) is 54.0 Å². The molecule has 0 amide bonds. The number of rotatable bonds is 11. The summed E-state index contributed by atoms with van der Waals surface area (Å²) in [6.45, 7) is 10.3. The zero-order valence-electron chi connectivity index (χ0n) is 22.3. The van der Waals surface area contributed by atoms with Crippen molar-refractivity contribution in [2.75, 3.05) is 14.2 Å². The summed E-state index contributed by atoms with van der Waals surface area (Å²) >= 11 is 0. The summed E-state index contributed by atoms with van der Waals surface area (Å²) < 4.78 is 20.2. The van der Waals surface area contributed by atoms with E-state index >= 15 is 0 Å². The SMILES string of the molecule is C=Nc1c(/C=C(\C)n2cc(C(C)(C)N)nn2)ncn1Cc1ccc(OCc2ccc(OC)nc2)c(OC)c1. The molecular formula is C27H32N8O3. The molecule has 0 spiro atoms. The molecule has 11 heteroatoms. The smallest absolute Gasteiger partial charge is 0.212 e. The van der Waals surface area contributed by atoms with Crippen LogP contribution in [0.4, 0.5) is 5.82 Å². The number of nitrogens with two attached hydrogens (primary N) is 1. The molecule has 3 heterocycles. The molecule has 3 aromatic heterocycles. The van der Waals surface area contributed by atoms with Gasteiger partial charge < -0.3 is 24.5 Å². The lowest BCUT2D eigenvalue weighted by atomic mass is 10.0. The zero-order valence-corrected chi connectivity index (χ0v) is 22.3. The normalized spacial score (nSPS) is 11.9. The molecule has 1 aromatic carbocycles. The minimum absolute atomic E-state index is 0.351. The Hall–Kier alpha value is -4.51. The summed E-state index contributed by atoms with van der Waals surface area (Å²) in [7, 11) is 3.20. The monoisotopic (exact) mass is 516 g/mol. The predicted octanol–water partition coefficient (Wildman–Crippen LogP) is 4.06. The number of ether oxygens (including phenoxy) is 3. The number of methoxy groups -OCH3 is 2. The van der Waals surface area contributed by atoms with E-state index in [1.165, 1.54) is 0 Å². The maximum absolute atomic E-state index is 6.13. The van der Waals surface area contributed by atoms with Gasteiger partial charge in [0.05, 0.1) is 38.8 Å². The average Bonchev–Trinajstić information content (AvgIpc) is 3.56. The topological polar surface area (TPSA) is 127 Å². The number of aliphatic imine (C=N–C) groups is 1. The van der Waals surface area contributed by atoms with E-state index in [-0.39, 0.29) is 0 Å². The third kappa shape index (κ3) is 6.06. The molecule has 0 aliphatic heterocycles. The molecule has 0 bridgehead atoms. The van der Waals surface area contributed by atoms with Crippen molar-refractivity contribution in [1.82, 2.24) is 29.5 Å².